The Balaban J connectivity index is 1.74. The Bertz CT molecular complexity index is 869. The monoisotopic (exact) mass is 414 g/mol. The van der Waals surface area contributed by atoms with E-state index in [9.17, 15) is 14.4 Å². The number of benzene rings is 2. The van der Waals surface area contributed by atoms with E-state index >= 15 is 0 Å². The predicted molar refractivity (Wildman–Crippen MR) is 110 cm³/mol. The minimum atomic E-state index is -0.997. The molecule has 30 heavy (non-hydrogen) atoms. The number of carbonyl (C=O) groups excluding carboxylic acids is 3. The van der Waals surface area contributed by atoms with Crippen LogP contribution >= 0.6 is 0 Å². The quantitative estimate of drug-likeness (QED) is 0.573. The minimum absolute atomic E-state index is 0.162. The van der Waals surface area contributed by atoms with Gasteiger partial charge < -0.3 is 24.8 Å². The molecule has 160 valence electrons. The zero-order valence-corrected chi connectivity index (χ0v) is 17.3. The van der Waals surface area contributed by atoms with Crippen LogP contribution in [0.5, 0.6) is 11.5 Å². The predicted octanol–water partition coefficient (Wildman–Crippen LogP) is 1.61. The first kappa shape index (κ1) is 22.7. The molecule has 0 saturated carbocycles. The van der Waals surface area contributed by atoms with Gasteiger partial charge in [0, 0.05) is 6.54 Å². The Labute approximate surface area is 175 Å². The zero-order chi connectivity index (χ0) is 21.9. The number of methoxy groups -OCH3 is 2. The molecule has 2 N–H and O–H groups in total. The third-order valence-corrected chi connectivity index (χ3v) is 4.23. The molecule has 8 heteroatoms. The van der Waals surface area contributed by atoms with Crippen molar-refractivity contribution in [3.63, 3.8) is 0 Å². The lowest BCUT2D eigenvalue weighted by atomic mass is 10.1. The lowest BCUT2D eigenvalue weighted by Crippen LogP contribution is -2.38. The number of hydrogen-bond acceptors (Lipinski definition) is 6. The number of amides is 2. The van der Waals surface area contributed by atoms with Crippen molar-refractivity contribution < 1.29 is 28.6 Å². The molecular weight excluding hydrogens is 388 g/mol. The molecular formula is C22H26N2O6. The van der Waals surface area contributed by atoms with Gasteiger partial charge in [0.1, 0.15) is 6.54 Å². The van der Waals surface area contributed by atoms with Crippen molar-refractivity contribution >= 4 is 17.8 Å². The third kappa shape index (κ3) is 7.12. The van der Waals surface area contributed by atoms with E-state index in [1.165, 1.54) is 14.0 Å². The molecule has 0 heterocycles. The van der Waals surface area contributed by atoms with Crippen molar-refractivity contribution in [3.05, 3.63) is 59.7 Å². The van der Waals surface area contributed by atoms with Crippen molar-refractivity contribution in [1.29, 1.82) is 0 Å². The van der Waals surface area contributed by atoms with Crippen LogP contribution in [0.2, 0.25) is 0 Å². The van der Waals surface area contributed by atoms with Gasteiger partial charge in [-0.25, -0.2) is 0 Å². The topological polar surface area (TPSA) is 103 Å². The first-order chi connectivity index (χ1) is 14.4. The second-order valence-electron chi connectivity index (χ2n) is 6.48. The first-order valence-electron chi connectivity index (χ1n) is 9.41. The molecule has 1 atom stereocenters. The maximum absolute atomic E-state index is 12.2. The Hall–Kier alpha value is -3.55. The van der Waals surface area contributed by atoms with Crippen LogP contribution in [0.3, 0.4) is 0 Å². The summed E-state index contributed by atoms with van der Waals surface area (Å²) in [4.78, 5) is 35.9. The molecule has 0 aromatic heterocycles. The summed E-state index contributed by atoms with van der Waals surface area (Å²) >= 11 is 0. The summed E-state index contributed by atoms with van der Waals surface area (Å²) in [5, 5.41) is 5.18. The summed E-state index contributed by atoms with van der Waals surface area (Å²) < 4.78 is 15.5. The van der Waals surface area contributed by atoms with Gasteiger partial charge in [0.25, 0.3) is 5.91 Å². The number of rotatable bonds is 10. The summed E-state index contributed by atoms with van der Waals surface area (Å²) in [6.07, 6.45) is -0.834. The van der Waals surface area contributed by atoms with E-state index in [2.05, 4.69) is 10.6 Å². The van der Waals surface area contributed by atoms with Crippen LogP contribution in [0.15, 0.2) is 48.5 Å². The van der Waals surface area contributed by atoms with Crippen molar-refractivity contribution in [2.75, 3.05) is 20.8 Å². The highest BCUT2D eigenvalue weighted by molar-refractivity contribution is 5.86. The van der Waals surface area contributed by atoms with Gasteiger partial charge in [0.2, 0.25) is 5.91 Å². The average molecular weight is 414 g/mol. The van der Waals surface area contributed by atoms with E-state index in [1.807, 2.05) is 30.3 Å². The fourth-order valence-corrected chi connectivity index (χ4v) is 2.63. The summed E-state index contributed by atoms with van der Waals surface area (Å²) in [7, 11) is 3.07. The van der Waals surface area contributed by atoms with E-state index in [-0.39, 0.29) is 25.4 Å². The van der Waals surface area contributed by atoms with E-state index in [1.54, 1.807) is 25.3 Å². The molecule has 0 aliphatic rings. The molecule has 2 amide bonds. The van der Waals surface area contributed by atoms with Gasteiger partial charge >= 0.3 is 5.97 Å². The van der Waals surface area contributed by atoms with E-state index in [0.717, 1.165) is 11.1 Å². The summed E-state index contributed by atoms with van der Waals surface area (Å²) in [6.45, 7) is 1.39. The van der Waals surface area contributed by atoms with Crippen LogP contribution in [0, 0.1) is 0 Å². The van der Waals surface area contributed by atoms with Gasteiger partial charge in [-0.15, -0.1) is 0 Å². The zero-order valence-electron chi connectivity index (χ0n) is 17.3. The molecule has 0 fully saturated rings. The maximum atomic E-state index is 12.2. The largest absolute Gasteiger partial charge is 0.493 e. The van der Waals surface area contributed by atoms with Gasteiger partial charge in [0.05, 0.1) is 20.6 Å². The smallest absolute Gasteiger partial charge is 0.326 e. The normalized spacial score (nSPS) is 11.2. The second kappa shape index (κ2) is 11.5. The van der Waals surface area contributed by atoms with Gasteiger partial charge in [-0.2, -0.15) is 0 Å². The third-order valence-electron chi connectivity index (χ3n) is 4.23. The molecule has 0 unspecified atom stereocenters. The van der Waals surface area contributed by atoms with Gasteiger partial charge in [-0.1, -0.05) is 36.4 Å². The fourth-order valence-electron chi connectivity index (χ4n) is 2.63. The number of nitrogens with one attached hydrogen (secondary N) is 2. The Morgan fingerprint density at radius 1 is 0.900 bits per heavy atom. The van der Waals surface area contributed by atoms with Gasteiger partial charge in [-0.05, 0) is 30.2 Å². The van der Waals surface area contributed by atoms with Crippen LogP contribution in [-0.2, 0) is 32.1 Å². The number of esters is 1. The molecule has 0 saturated heterocycles. The lowest BCUT2D eigenvalue weighted by Gasteiger charge is -2.14. The maximum Gasteiger partial charge on any atom is 0.326 e. The number of carbonyl (C=O) groups is 3. The van der Waals surface area contributed by atoms with Crippen LogP contribution in [0.4, 0.5) is 0 Å². The fraction of sp³-hybridized carbons (Fsp3) is 0.318. The highest BCUT2D eigenvalue weighted by Crippen LogP contribution is 2.27. The van der Waals surface area contributed by atoms with Gasteiger partial charge in [0.15, 0.2) is 17.6 Å². The Kier molecular flexibility index (Phi) is 8.68. The Morgan fingerprint density at radius 2 is 1.60 bits per heavy atom. The van der Waals surface area contributed by atoms with Crippen molar-refractivity contribution in [2.45, 2.75) is 26.0 Å². The first-order valence-corrected chi connectivity index (χ1v) is 9.41. The van der Waals surface area contributed by atoms with Crippen LogP contribution in [0.25, 0.3) is 0 Å². The number of ether oxygens (including phenoxy) is 3. The molecule has 0 radical (unpaired) electrons. The van der Waals surface area contributed by atoms with E-state index in [0.29, 0.717) is 11.5 Å². The lowest BCUT2D eigenvalue weighted by molar-refractivity contribution is -0.154. The highest BCUT2D eigenvalue weighted by Gasteiger charge is 2.18. The molecule has 8 nitrogen and oxygen atoms in total. The molecule has 0 spiro atoms. The van der Waals surface area contributed by atoms with E-state index < -0.39 is 18.0 Å². The van der Waals surface area contributed by atoms with E-state index in [4.69, 9.17) is 14.2 Å². The molecule has 2 aromatic carbocycles. The SMILES string of the molecule is COc1ccc(CNC(=O)[C@H](C)OC(=O)CNC(=O)Cc2ccccc2)cc1OC. The van der Waals surface area contributed by atoms with Crippen LogP contribution in [-0.4, -0.2) is 44.7 Å². The molecule has 0 aliphatic carbocycles. The van der Waals surface area contributed by atoms with Crippen molar-refractivity contribution in [2.24, 2.45) is 0 Å². The van der Waals surface area contributed by atoms with Crippen molar-refractivity contribution in [1.82, 2.24) is 10.6 Å². The molecule has 2 aromatic rings. The molecule has 0 bridgehead atoms. The standard InChI is InChI=1S/C22H26N2O6/c1-15(22(27)24-13-17-9-10-18(28-2)19(11-17)29-3)30-21(26)14-23-20(25)12-16-7-5-4-6-8-16/h4-11,15H,12-14H2,1-3H3,(H,23,25)(H,24,27)/t15-/m0/s1. The summed E-state index contributed by atoms with van der Waals surface area (Å²) in [6, 6.07) is 14.4. The van der Waals surface area contributed by atoms with Crippen molar-refractivity contribution in [3.8, 4) is 11.5 Å². The van der Waals surface area contributed by atoms with Crippen LogP contribution in [0.1, 0.15) is 18.1 Å². The summed E-state index contributed by atoms with van der Waals surface area (Å²) in [5.74, 6) is -0.304. The van der Waals surface area contributed by atoms with Crippen LogP contribution < -0.4 is 20.1 Å². The molecule has 2 rings (SSSR count). The minimum Gasteiger partial charge on any atom is -0.493 e. The summed E-state index contributed by atoms with van der Waals surface area (Å²) in [5.41, 5.74) is 1.64. The second-order valence-corrected chi connectivity index (χ2v) is 6.48. The average Bonchev–Trinajstić information content (AvgIpc) is 2.76. The Morgan fingerprint density at radius 3 is 2.27 bits per heavy atom. The highest BCUT2D eigenvalue weighted by atomic mass is 16.5. The molecule has 0 aliphatic heterocycles. The number of hydrogen-bond donors (Lipinski definition) is 2. The van der Waals surface area contributed by atoms with Gasteiger partial charge in [-0.3, -0.25) is 14.4 Å².